The van der Waals surface area contributed by atoms with Crippen LogP contribution >= 0.6 is 35.0 Å². The molecule has 3 fully saturated rings. The molecular weight excluding hydrogens is 534 g/mol. The highest BCUT2D eigenvalue weighted by Gasteiger charge is 2.72. The Labute approximate surface area is 229 Å². The molecule has 2 saturated carbocycles. The molecule has 9 heteroatoms. The van der Waals surface area contributed by atoms with Crippen LogP contribution in [0.5, 0.6) is 0 Å². The van der Waals surface area contributed by atoms with Gasteiger partial charge < -0.3 is 10.4 Å². The maximum atomic E-state index is 15.8. The first-order valence-corrected chi connectivity index (χ1v) is 14.4. The van der Waals surface area contributed by atoms with Crippen LogP contribution in [0, 0.1) is 5.82 Å². The van der Waals surface area contributed by atoms with Crippen molar-refractivity contribution in [2.45, 2.75) is 91.3 Å². The van der Waals surface area contributed by atoms with Gasteiger partial charge in [-0.15, -0.1) is 0 Å². The van der Waals surface area contributed by atoms with E-state index >= 15 is 4.39 Å². The lowest BCUT2D eigenvalue weighted by atomic mass is 9.56. The van der Waals surface area contributed by atoms with Crippen molar-refractivity contribution in [3.05, 3.63) is 63.4 Å². The molecule has 1 saturated heterocycles. The Kier molecular flexibility index (Phi) is 6.20. The van der Waals surface area contributed by atoms with Crippen LogP contribution in [0.25, 0.3) is 0 Å². The standard InChI is InChI=1S/C28H29Cl2FN2O3S/c1-26(36)13-16(14-26)32-24(34)23-21(17-6-5-7-19(30)22(17)31)28(27(33-23)10-3-2-4-11-27)18-9-8-15(29)12-20(18)37-25(28)35/h5-9,12,16,21,23,33,36H,2-4,10-11,13-14H2,1H3,(H,32,34)/t16-,21-,23+,26+,28+/m0/s1. The Morgan fingerprint density at radius 1 is 1.16 bits per heavy atom. The summed E-state index contributed by atoms with van der Waals surface area (Å²) in [6.07, 6.45) is 5.14. The molecule has 37 heavy (non-hydrogen) atoms. The van der Waals surface area contributed by atoms with Crippen LogP contribution in [0.3, 0.4) is 0 Å². The first-order chi connectivity index (χ1) is 17.6. The molecule has 2 spiro atoms. The fourth-order valence-electron chi connectivity index (χ4n) is 7.47. The topological polar surface area (TPSA) is 78.4 Å². The third-order valence-electron chi connectivity index (χ3n) is 8.90. The summed E-state index contributed by atoms with van der Waals surface area (Å²) in [7, 11) is 0. The second-order valence-electron chi connectivity index (χ2n) is 11.3. The van der Waals surface area contributed by atoms with Gasteiger partial charge in [-0.05, 0) is 61.9 Å². The molecule has 3 N–H and O–H groups in total. The quantitative estimate of drug-likeness (QED) is 0.461. The molecule has 0 bridgehead atoms. The van der Waals surface area contributed by atoms with Crippen molar-refractivity contribution in [2.24, 2.45) is 0 Å². The zero-order valence-electron chi connectivity index (χ0n) is 20.5. The summed E-state index contributed by atoms with van der Waals surface area (Å²) < 4.78 is 15.8. The van der Waals surface area contributed by atoms with E-state index < -0.39 is 34.3 Å². The molecule has 2 aliphatic heterocycles. The largest absolute Gasteiger partial charge is 0.390 e. The average molecular weight is 564 g/mol. The Morgan fingerprint density at radius 2 is 1.89 bits per heavy atom. The fraction of sp³-hybridized carbons (Fsp3) is 0.500. The number of fused-ring (bicyclic) bond motifs is 3. The summed E-state index contributed by atoms with van der Waals surface area (Å²) in [5.41, 5.74) is -1.63. The van der Waals surface area contributed by atoms with Crippen molar-refractivity contribution in [2.75, 3.05) is 0 Å². The van der Waals surface area contributed by atoms with Crippen LogP contribution in [0.2, 0.25) is 10.0 Å². The molecule has 0 radical (unpaired) electrons. The highest BCUT2D eigenvalue weighted by atomic mass is 35.5. The number of hydrogen-bond donors (Lipinski definition) is 3. The van der Waals surface area contributed by atoms with Crippen LogP contribution in [-0.2, 0) is 15.0 Å². The lowest BCUT2D eigenvalue weighted by molar-refractivity contribution is -0.127. The molecule has 2 heterocycles. The second-order valence-corrected chi connectivity index (χ2v) is 13.2. The van der Waals surface area contributed by atoms with Crippen LogP contribution in [0.1, 0.15) is 68.9 Å². The lowest BCUT2D eigenvalue weighted by Gasteiger charge is -2.47. The highest BCUT2D eigenvalue weighted by molar-refractivity contribution is 8.14. The van der Waals surface area contributed by atoms with Crippen molar-refractivity contribution in [3.8, 4) is 0 Å². The molecule has 196 valence electrons. The minimum absolute atomic E-state index is 0.0409. The number of hydrogen-bond acceptors (Lipinski definition) is 5. The molecule has 0 aromatic heterocycles. The SMILES string of the molecule is C[C@]1(O)C[C@@H](NC(=O)[C@@H]2NC3(CCCCC3)[C@@]3(C(=O)Sc4cc(Cl)ccc43)[C@H]2c2cccc(Cl)c2F)C1. The molecule has 5 nitrogen and oxygen atoms in total. The normalized spacial score (nSPS) is 34.0. The van der Waals surface area contributed by atoms with Gasteiger partial charge >= 0.3 is 0 Å². The van der Waals surface area contributed by atoms with E-state index in [2.05, 4.69) is 10.6 Å². The van der Waals surface area contributed by atoms with Gasteiger partial charge in [0.1, 0.15) is 5.82 Å². The van der Waals surface area contributed by atoms with Gasteiger partial charge in [0.25, 0.3) is 0 Å². The molecule has 3 atom stereocenters. The first kappa shape index (κ1) is 25.6. The Morgan fingerprint density at radius 3 is 2.59 bits per heavy atom. The van der Waals surface area contributed by atoms with Crippen molar-refractivity contribution in [1.82, 2.24) is 10.6 Å². The molecule has 0 unspecified atom stereocenters. The van der Waals surface area contributed by atoms with Gasteiger partial charge in [-0.1, -0.05) is 72.4 Å². The Bertz CT molecular complexity index is 1290. The van der Waals surface area contributed by atoms with E-state index in [0.717, 1.165) is 41.5 Å². The van der Waals surface area contributed by atoms with Gasteiger partial charge in [0.15, 0.2) is 0 Å². The second kappa shape index (κ2) is 8.95. The van der Waals surface area contributed by atoms with Gasteiger partial charge in [-0.2, -0.15) is 0 Å². The van der Waals surface area contributed by atoms with E-state index in [4.69, 9.17) is 23.2 Å². The van der Waals surface area contributed by atoms with Gasteiger partial charge in [-0.25, -0.2) is 4.39 Å². The van der Waals surface area contributed by atoms with E-state index in [1.165, 1.54) is 6.07 Å². The maximum Gasteiger partial charge on any atom is 0.238 e. The number of amides is 1. The first-order valence-electron chi connectivity index (χ1n) is 12.8. The summed E-state index contributed by atoms with van der Waals surface area (Å²) in [6, 6.07) is 9.22. The zero-order chi connectivity index (χ0) is 26.2. The number of halogens is 3. The Balaban J connectivity index is 1.55. The molecule has 4 aliphatic rings. The highest BCUT2D eigenvalue weighted by Crippen LogP contribution is 2.65. The monoisotopic (exact) mass is 562 g/mol. The molecule has 2 aromatic carbocycles. The summed E-state index contributed by atoms with van der Waals surface area (Å²) in [6.45, 7) is 1.75. The van der Waals surface area contributed by atoms with Crippen molar-refractivity contribution in [1.29, 1.82) is 0 Å². The van der Waals surface area contributed by atoms with Crippen LogP contribution < -0.4 is 10.6 Å². The molecule has 2 aromatic rings. The Hall–Kier alpha value is -1.64. The predicted octanol–water partition coefficient (Wildman–Crippen LogP) is 5.49. The van der Waals surface area contributed by atoms with E-state index in [1.54, 1.807) is 31.2 Å². The third kappa shape index (κ3) is 3.80. The van der Waals surface area contributed by atoms with Crippen molar-refractivity contribution < 1.29 is 19.1 Å². The number of rotatable bonds is 3. The molecule has 2 aliphatic carbocycles. The van der Waals surface area contributed by atoms with Crippen LogP contribution in [0.15, 0.2) is 41.3 Å². The van der Waals surface area contributed by atoms with E-state index in [1.807, 2.05) is 6.07 Å². The summed E-state index contributed by atoms with van der Waals surface area (Å²) >= 11 is 13.7. The number of carbonyl (C=O) groups is 2. The van der Waals surface area contributed by atoms with E-state index in [-0.39, 0.29) is 27.7 Å². The minimum atomic E-state index is -1.17. The average Bonchev–Trinajstić information content (AvgIpc) is 3.28. The lowest BCUT2D eigenvalue weighted by Crippen LogP contribution is -2.60. The zero-order valence-corrected chi connectivity index (χ0v) is 22.8. The summed E-state index contributed by atoms with van der Waals surface area (Å²) in [5.74, 6) is -1.70. The fourth-order valence-corrected chi connectivity index (χ4v) is 9.20. The number of carbonyl (C=O) groups excluding carboxylic acids is 2. The van der Waals surface area contributed by atoms with Gasteiger partial charge in [0, 0.05) is 27.4 Å². The van der Waals surface area contributed by atoms with Gasteiger partial charge in [-0.3, -0.25) is 14.9 Å². The van der Waals surface area contributed by atoms with Crippen LogP contribution in [0.4, 0.5) is 4.39 Å². The number of benzene rings is 2. The third-order valence-corrected chi connectivity index (χ3v) is 10.5. The van der Waals surface area contributed by atoms with E-state index in [0.29, 0.717) is 30.7 Å². The number of aliphatic hydroxyl groups is 1. The maximum absolute atomic E-state index is 15.8. The van der Waals surface area contributed by atoms with Gasteiger partial charge in [0.05, 0.1) is 22.1 Å². The van der Waals surface area contributed by atoms with Crippen molar-refractivity contribution in [3.63, 3.8) is 0 Å². The summed E-state index contributed by atoms with van der Waals surface area (Å²) in [5, 5.41) is 17.3. The van der Waals surface area contributed by atoms with Gasteiger partial charge in [0.2, 0.25) is 11.0 Å². The molecule has 1 amide bonds. The van der Waals surface area contributed by atoms with Crippen LogP contribution in [-0.4, -0.2) is 39.4 Å². The van der Waals surface area contributed by atoms with E-state index in [9.17, 15) is 14.7 Å². The minimum Gasteiger partial charge on any atom is -0.390 e. The number of thioether (sulfide) groups is 1. The predicted molar refractivity (Wildman–Crippen MR) is 143 cm³/mol. The number of nitrogens with one attached hydrogen (secondary N) is 2. The van der Waals surface area contributed by atoms with Crippen molar-refractivity contribution >= 4 is 46.0 Å². The molecular formula is C28H29Cl2FN2O3S. The molecule has 6 rings (SSSR count). The smallest absolute Gasteiger partial charge is 0.238 e. The summed E-state index contributed by atoms with van der Waals surface area (Å²) in [4.78, 5) is 29.0.